The smallest absolute Gasteiger partial charge is 0.224 e. The minimum absolute atomic E-state index is 0.0349. The summed E-state index contributed by atoms with van der Waals surface area (Å²) < 4.78 is 0. The highest BCUT2D eigenvalue weighted by Gasteiger charge is 2.05. The van der Waals surface area contributed by atoms with Gasteiger partial charge in [-0.25, -0.2) is 0 Å². The number of anilines is 2. The Morgan fingerprint density at radius 2 is 1.90 bits per heavy atom. The van der Waals surface area contributed by atoms with Gasteiger partial charge in [-0.3, -0.25) is 4.79 Å². The molecule has 104 valence electrons. The summed E-state index contributed by atoms with van der Waals surface area (Å²) in [5.74, 6) is -0.0349. The van der Waals surface area contributed by atoms with Crippen LogP contribution in [-0.4, -0.2) is 5.91 Å². The third-order valence-electron chi connectivity index (χ3n) is 3.04. The third kappa shape index (κ3) is 4.00. The van der Waals surface area contributed by atoms with Gasteiger partial charge in [-0.2, -0.15) is 0 Å². The molecule has 2 aromatic carbocycles. The molecule has 0 aliphatic heterocycles. The Morgan fingerprint density at radius 3 is 2.55 bits per heavy atom. The maximum Gasteiger partial charge on any atom is 0.224 e. The van der Waals surface area contributed by atoms with E-state index in [4.69, 9.17) is 17.3 Å². The van der Waals surface area contributed by atoms with Gasteiger partial charge < -0.3 is 11.1 Å². The molecule has 0 radical (unpaired) electrons. The first kappa shape index (κ1) is 14.4. The van der Waals surface area contributed by atoms with Crippen LogP contribution in [0.5, 0.6) is 0 Å². The molecule has 0 unspecified atom stereocenters. The van der Waals surface area contributed by atoms with E-state index in [1.165, 1.54) is 5.56 Å². The quantitative estimate of drug-likeness (QED) is 0.841. The van der Waals surface area contributed by atoms with Gasteiger partial charge in [0.1, 0.15) is 0 Å². The first-order chi connectivity index (χ1) is 9.54. The van der Waals surface area contributed by atoms with Crippen molar-refractivity contribution in [2.24, 2.45) is 0 Å². The predicted octanol–water partition coefficient (Wildman–Crippen LogP) is 3.80. The van der Waals surface area contributed by atoms with Gasteiger partial charge in [0.05, 0.1) is 10.7 Å². The maximum absolute atomic E-state index is 11.9. The Hall–Kier alpha value is -2.00. The lowest BCUT2D eigenvalue weighted by Crippen LogP contribution is -2.12. The second-order valence-corrected chi connectivity index (χ2v) is 5.18. The van der Waals surface area contributed by atoms with Crippen molar-refractivity contribution >= 4 is 28.9 Å². The van der Waals surface area contributed by atoms with Crippen LogP contribution in [0.15, 0.2) is 42.5 Å². The number of benzene rings is 2. The van der Waals surface area contributed by atoms with Crippen molar-refractivity contribution < 1.29 is 4.79 Å². The van der Waals surface area contributed by atoms with Crippen LogP contribution in [0, 0.1) is 6.92 Å². The number of rotatable bonds is 4. The van der Waals surface area contributed by atoms with E-state index in [9.17, 15) is 4.79 Å². The van der Waals surface area contributed by atoms with E-state index in [1.807, 2.05) is 31.2 Å². The second kappa shape index (κ2) is 6.44. The number of nitrogen functional groups attached to an aromatic ring is 1. The molecule has 0 saturated carbocycles. The van der Waals surface area contributed by atoms with Crippen LogP contribution in [0.1, 0.15) is 17.5 Å². The van der Waals surface area contributed by atoms with E-state index in [1.54, 1.807) is 18.2 Å². The van der Waals surface area contributed by atoms with E-state index in [2.05, 4.69) is 5.32 Å². The van der Waals surface area contributed by atoms with Gasteiger partial charge in [0.15, 0.2) is 0 Å². The second-order valence-electron chi connectivity index (χ2n) is 4.77. The first-order valence-corrected chi connectivity index (χ1v) is 6.83. The van der Waals surface area contributed by atoms with Crippen molar-refractivity contribution in [2.45, 2.75) is 19.8 Å². The number of amides is 1. The van der Waals surface area contributed by atoms with E-state index in [0.717, 1.165) is 12.0 Å². The summed E-state index contributed by atoms with van der Waals surface area (Å²) in [6.07, 6.45) is 1.15. The first-order valence-electron chi connectivity index (χ1n) is 6.45. The highest BCUT2D eigenvalue weighted by Crippen LogP contribution is 2.22. The molecule has 0 atom stereocenters. The van der Waals surface area contributed by atoms with Crippen LogP contribution in [0.4, 0.5) is 11.4 Å². The molecule has 1 amide bonds. The molecular weight excluding hydrogens is 272 g/mol. The van der Waals surface area contributed by atoms with Gasteiger partial charge in [-0.1, -0.05) is 41.4 Å². The zero-order valence-electron chi connectivity index (χ0n) is 11.3. The van der Waals surface area contributed by atoms with Crippen LogP contribution in [0.3, 0.4) is 0 Å². The lowest BCUT2D eigenvalue weighted by Gasteiger charge is -2.07. The summed E-state index contributed by atoms with van der Waals surface area (Å²) in [5, 5.41) is 3.30. The third-order valence-corrected chi connectivity index (χ3v) is 3.39. The fourth-order valence-electron chi connectivity index (χ4n) is 1.86. The van der Waals surface area contributed by atoms with Gasteiger partial charge in [0.2, 0.25) is 5.91 Å². The fraction of sp³-hybridized carbons (Fsp3) is 0.188. The van der Waals surface area contributed by atoms with E-state index < -0.39 is 0 Å². The Kier molecular flexibility index (Phi) is 4.64. The monoisotopic (exact) mass is 288 g/mol. The minimum atomic E-state index is -0.0349. The highest BCUT2D eigenvalue weighted by atomic mass is 35.5. The normalized spacial score (nSPS) is 10.3. The summed E-state index contributed by atoms with van der Waals surface area (Å²) >= 11 is 5.83. The number of aryl methyl sites for hydroxylation is 2. The highest BCUT2D eigenvalue weighted by molar-refractivity contribution is 6.33. The molecule has 0 fully saturated rings. The van der Waals surface area contributed by atoms with Gasteiger partial charge >= 0.3 is 0 Å². The zero-order valence-corrected chi connectivity index (χ0v) is 12.1. The van der Waals surface area contributed by atoms with E-state index >= 15 is 0 Å². The van der Waals surface area contributed by atoms with Crippen molar-refractivity contribution in [3.8, 4) is 0 Å². The van der Waals surface area contributed by atoms with Gasteiger partial charge in [0.25, 0.3) is 0 Å². The lowest BCUT2D eigenvalue weighted by molar-refractivity contribution is -0.116. The number of halogens is 1. The number of nitrogens with two attached hydrogens (primary N) is 1. The molecule has 3 nitrogen and oxygen atoms in total. The molecule has 0 aliphatic rings. The molecule has 3 N–H and O–H groups in total. The van der Waals surface area contributed by atoms with Crippen molar-refractivity contribution in [1.29, 1.82) is 0 Å². The van der Waals surface area contributed by atoms with Crippen LogP contribution in [0.25, 0.3) is 0 Å². The molecule has 0 bridgehead atoms. The van der Waals surface area contributed by atoms with Gasteiger partial charge in [-0.15, -0.1) is 0 Å². The fourth-order valence-corrected chi connectivity index (χ4v) is 1.98. The molecule has 0 spiro atoms. The summed E-state index contributed by atoms with van der Waals surface area (Å²) in [6.45, 7) is 2.04. The lowest BCUT2D eigenvalue weighted by atomic mass is 10.1. The number of hydrogen-bond donors (Lipinski definition) is 2. The Bertz CT molecular complexity index is 608. The molecule has 20 heavy (non-hydrogen) atoms. The molecular formula is C16H17ClN2O. The van der Waals surface area contributed by atoms with Crippen LogP contribution in [0.2, 0.25) is 5.02 Å². The predicted molar refractivity (Wildman–Crippen MR) is 84.0 cm³/mol. The van der Waals surface area contributed by atoms with Crippen LogP contribution < -0.4 is 11.1 Å². The van der Waals surface area contributed by atoms with Crippen molar-refractivity contribution in [2.75, 3.05) is 11.1 Å². The minimum Gasteiger partial charge on any atom is -0.397 e. The molecule has 2 aromatic rings. The molecule has 0 saturated heterocycles. The van der Waals surface area contributed by atoms with Crippen molar-refractivity contribution in [3.63, 3.8) is 0 Å². The number of carbonyl (C=O) groups is 1. The maximum atomic E-state index is 11.9. The summed E-state index contributed by atoms with van der Waals surface area (Å²) in [5.41, 5.74) is 9.19. The Morgan fingerprint density at radius 1 is 1.20 bits per heavy atom. The molecule has 0 aromatic heterocycles. The summed E-state index contributed by atoms with van der Waals surface area (Å²) in [6, 6.07) is 13.3. The topological polar surface area (TPSA) is 55.1 Å². The Labute approximate surface area is 123 Å². The van der Waals surface area contributed by atoms with E-state index in [0.29, 0.717) is 22.8 Å². The zero-order chi connectivity index (χ0) is 14.5. The van der Waals surface area contributed by atoms with Crippen LogP contribution >= 0.6 is 11.6 Å². The van der Waals surface area contributed by atoms with Crippen molar-refractivity contribution in [1.82, 2.24) is 0 Å². The number of nitrogens with one attached hydrogen (secondary N) is 1. The summed E-state index contributed by atoms with van der Waals surface area (Å²) in [4.78, 5) is 11.9. The molecule has 0 heterocycles. The number of hydrogen-bond acceptors (Lipinski definition) is 2. The van der Waals surface area contributed by atoms with Gasteiger partial charge in [-0.05, 0) is 37.1 Å². The Balaban J connectivity index is 1.89. The molecule has 4 heteroatoms. The van der Waals surface area contributed by atoms with Gasteiger partial charge in [0, 0.05) is 12.1 Å². The number of carbonyl (C=O) groups excluding carboxylic acids is 1. The molecule has 2 rings (SSSR count). The average Bonchev–Trinajstić information content (AvgIpc) is 2.42. The van der Waals surface area contributed by atoms with E-state index in [-0.39, 0.29) is 5.91 Å². The van der Waals surface area contributed by atoms with Crippen molar-refractivity contribution in [3.05, 3.63) is 58.6 Å². The van der Waals surface area contributed by atoms with Crippen LogP contribution in [-0.2, 0) is 11.2 Å². The molecule has 0 aliphatic carbocycles. The largest absolute Gasteiger partial charge is 0.397 e. The summed E-state index contributed by atoms with van der Waals surface area (Å²) in [7, 11) is 0. The standard InChI is InChI=1S/C16H17ClN2O/c1-11-2-4-12(5-3-11)6-9-16(20)19-13-7-8-14(17)15(18)10-13/h2-5,7-8,10H,6,9,18H2,1H3,(H,19,20). The average molecular weight is 289 g/mol. The SMILES string of the molecule is Cc1ccc(CCC(=O)Nc2ccc(Cl)c(N)c2)cc1.